The van der Waals surface area contributed by atoms with Crippen molar-refractivity contribution in [3.05, 3.63) is 11.4 Å². The maximum atomic E-state index is 4.53. The van der Waals surface area contributed by atoms with E-state index in [1.807, 2.05) is 6.92 Å². The quantitative estimate of drug-likeness (QED) is 0.868. The summed E-state index contributed by atoms with van der Waals surface area (Å²) in [6, 6.07) is 0. The van der Waals surface area contributed by atoms with Crippen LogP contribution in [-0.2, 0) is 0 Å². The van der Waals surface area contributed by atoms with Crippen LogP contribution in [0.3, 0.4) is 0 Å². The first-order valence-corrected chi connectivity index (χ1v) is 8.27. The minimum Gasteiger partial charge on any atom is -0.370 e. The molecule has 1 aromatic rings. The third-order valence-electron chi connectivity index (χ3n) is 3.50. The van der Waals surface area contributed by atoms with Crippen LogP contribution in [0.5, 0.6) is 0 Å². The summed E-state index contributed by atoms with van der Waals surface area (Å²) in [4.78, 5) is 8.98. The Hall–Kier alpha value is -0.970. The molecule has 0 amide bonds. The van der Waals surface area contributed by atoms with Crippen molar-refractivity contribution in [2.24, 2.45) is 5.92 Å². The molecule has 106 valence electrons. The summed E-state index contributed by atoms with van der Waals surface area (Å²) in [5, 5.41) is 6.82. The normalized spacial score (nSPS) is 16.4. The van der Waals surface area contributed by atoms with Crippen molar-refractivity contribution < 1.29 is 0 Å². The second-order valence-corrected chi connectivity index (χ2v) is 6.28. The lowest BCUT2D eigenvalue weighted by Gasteiger charge is -2.22. The van der Waals surface area contributed by atoms with Gasteiger partial charge in [-0.05, 0) is 51.0 Å². The number of nitrogens with one attached hydrogen (secondary N) is 2. The van der Waals surface area contributed by atoms with Crippen molar-refractivity contribution in [3.8, 4) is 0 Å². The van der Waals surface area contributed by atoms with E-state index in [-0.39, 0.29) is 0 Å². The largest absolute Gasteiger partial charge is 0.370 e. The summed E-state index contributed by atoms with van der Waals surface area (Å²) in [5.41, 5.74) is 1.12. The van der Waals surface area contributed by atoms with E-state index in [4.69, 9.17) is 0 Å². The number of aryl methyl sites for hydroxylation is 1. The first-order chi connectivity index (χ1) is 9.20. The fourth-order valence-corrected chi connectivity index (χ4v) is 3.54. The summed E-state index contributed by atoms with van der Waals surface area (Å²) >= 11 is 2.07. The van der Waals surface area contributed by atoms with Crippen LogP contribution < -0.4 is 10.6 Å². The second kappa shape index (κ2) is 6.98. The number of rotatable bonds is 5. The highest BCUT2D eigenvalue weighted by Crippen LogP contribution is 2.24. The van der Waals surface area contributed by atoms with Gasteiger partial charge in [0.05, 0.1) is 0 Å². The van der Waals surface area contributed by atoms with Gasteiger partial charge in [-0.1, -0.05) is 0 Å². The molecule has 1 aromatic heterocycles. The van der Waals surface area contributed by atoms with E-state index >= 15 is 0 Å². The van der Waals surface area contributed by atoms with Gasteiger partial charge < -0.3 is 10.6 Å². The third-order valence-corrected chi connectivity index (χ3v) is 4.55. The Balaban J connectivity index is 2.02. The van der Waals surface area contributed by atoms with Crippen LogP contribution in [0, 0.1) is 19.8 Å². The van der Waals surface area contributed by atoms with E-state index in [0.717, 1.165) is 42.0 Å². The molecule has 1 aliphatic heterocycles. The van der Waals surface area contributed by atoms with Gasteiger partial charge in [0, 0.05) is 18.7 Å². The van der Waals surface area contributed by atoms with Crippen molar-refractivity contribution in [1.29, 1.82) is 0 Å². The average molecular weight is 280 g/mol. The highest BCUT2D eigenvalue weighted by atomic mass is 32.2. The minimum atomic E-state index is 0.790. The van der Waals surface area contributed by atoms with E-state index < -0.39 is 0 Å². The van der Waals surface area contributed by atoms with E-state index in [0.29, 0.717) is 0 Å². The Bertz CT molecular complexity index is 416. The number of thioether (sulfide) groups is 1. The summed E-state index contributed by atoms with van der Waals surface area (Å²) in [7, 11) is 0. The first-order valence-electron chi connectivity index (χ1n) is 7.11. The van der Waals surface area contributed by atoms with E-state index in [2.05, 4.69) is 46.2 Å². The zero-order valence-corrected chi connectivity index (χ0v) is 12.9. The smallest absolute Gasteiger partial charge is 0.134 e. The molecule has 0 atom stereocenters. The fourth-order valence-electron chi connectivity index (χ4n) is 2.33. The predicted molar refractivity (Wildman–Crippen MR) is 84.2 cm³/mol. The predicted octanol–water partition coefficient (Wildman–Crippen LogP) is 3.08. The number of hydrogen-bond donors (Lipinski definition) is 2. The lowest BCUT2D eigenvalue weighted by Crippen LogP contribution is -2.20. The molecule has 2 rings (SSSR count). The molecule has 0 aromatic carbocycles. The zero-order valence-electron chi connectivity index (χ0n) is 12.1. The molecular weight excluding hydrogens is 256 g/mol. The van der Waals surface area contributed by atoms with Crippen LogP contribution in [0.2, 0.25) is 0 Å². The molecule has 1 fully saturated rings. The van der Waals surface area contributed by atoms with Crippen LogP contribution >= 0.6 is 11.8 Å². The van der Waals surface area contributed by atoms with Crippen LogP contribution in [0.25, 0.3) is 0 Å². The topological polar surface area (TPSA) is 49.8 Å². The Kier molecular flexibility index (Phi) is 5.31. The minimum absolute atomic E-state index is 0.790. The summed E-state index contributed by atoms with van der Waals surface area (Å²) in [6.07, 6.45) is 2.64. The number of aromatic nitrogens is 2. The summed E-state index contributed by atoms with van der Waals surface area (Å²) in [5.74, 6) is 6.16. The Morgan fingerprint density at radius 1 is 1.11 bits per heavy atom. The highest BCUT2D eigenvalue weighted by molar-refractivity contribution is 7.99. The number of anilines is 2. The van der Waals surface area contributed by atoms with E-state index in [1.54, 1.807) is 0 Å². The van der Waals surface area contributed by atoms with Gasteiger partial charge in [0.2, 0.25) is 0 Å². The van der Waals surface area contributed by atoms with Crippen molar-refractivity contribution in [2.45, 2.75) is 33.6 Å². The fraction of sp³-hybridized carbons (Fsp3) is 0.714. The molecule has 2 heterocycles. The SMILES string of the molecule is CCNc1nc(C)nc(NCC2CCSCC2)c1C. The zero-order chi connectivity index (χ0) is 13.7. The van der Waals surface area contributed by atoms with Gasteiger partial charge in [-0.3, -0.25) is 0 Å². The van der Waals surface area contributed by atoms with Gasteiger partial charge in [-0.15, -0.1) is 0 Å². The van der Waals surface area contributed by atoms with Gasteiger partial charge in [0.1, 0.15) is 17.5 Å². The van der Waals surface area contributed by atoms with Crippen LogP contribution in [0.1, 0.15) is 31.2 Å². The molecule has 0 spiro atoms. The van der Waals surface area contributed by atoms with Gasteiger partial charge in [-0.2, -0.15) is 11.8 Å². The standard InChI is InChI=1S/C14H24N4S/c1-4-15-13-10(2)14(18-11(3)17-13)16-9-12-5-7-19-8-6-12/h12H,4-9H2,1-3H3,(H2,15,16,17,18). The molecule has 0 radical (unpaired) electrons. The average Bonchev–Trinajstić information content (AvgIpc) is 2.42. The Morgan fingerprint density at radius 2 is 1.74 bits per heavy atom. The van der Waals surface area contributed by atoms with Crippen molar-refractivity contribution in [1.82, 2.24) is 9.97 Å². The second-order valence-electron chi connectivity index (χ2n) is 5.06. The molecule has 4 nitrogen and oxygen atoms in total. The first kappa shape index (κ1) is 14.4. The Morgan fingerprint density at radius 3 is 2.37 bits per heavy atom. The Labute approximate surface area is 120 Å². The molecule has 0 unspecified atom stereocenters. The summed E-state index contributed by atoms with van der Waals surface area (Å²) < 4.78 is 0. The number of hydrogen-bond acceptors (Lipinski definition) is 5. The lowest BCUT2D eigenvalue weighted by atomic mass is 10.0. The van der Waals surface area contributed by atoms with Crippen molar-refractivity contribution >= 4 is 23.4 Å². The third kappa shape index (κ3) is 4.00. The van der Waals surface area contributed by atoms with Crippen LogP contribution in [0.15, 0.2) is 0 Å². The van der Waals surface area contributed by atoms with Gasteiger partial charge in [-0.25, -0.2) is 9.97 Å². The van der Waals surface area contributed by atoms with Crippen molar-refractivity contribution in [2.75, 3.05) is 35.2 Å². The molecule has 1 saturated heterocycles. The molecule has 2 N–H and O–H groups in total. The van der Waals surface area contributed by atoms with Gasteiger partial charge in [0.15, 0.2) is 0 Å². The maximum absolute atomic E-state index is 4.53. The van der Waals surface area contributed by atoms with E-state index in [1.165, 1.54) is 24.3 Å². The molecule has 5 heteroatoms. The molecule has 0 bridgehead atoms. The van der Waals surface area contributed by atoms with Gasteiger partial charge in [0.25, 0.3) is 0 Å². The number of nitrogens with zero attached hydrogens (tertiary/aromatic N) is 2. The molecule has 0 saturated carbocycles. The maximum Gasteiger partial charge on any atom is 0.134 e. The highest BCUT2D eigenvalue weighted by Gasteiger charge is 2.15. The molecule has 1 aliphatic rings. The monoisotopic (exact) mass is 280 g/mol. The summed E-state index contributed by atoms with van der Waals surface area (Å²) in [6.45, 7) is 8.03. The van der Waals surface area contributed by atoms with Crippen LogP contribution in [0.4, 0.5) is 11.6 Å². The lowest BCUT2D eigenvalue weighted by molar-refractivity contribution is 0.515. The molecular formula is C14H24N4S. The van der Waals surface area contributed by atoms with Gasteiger partial charge >= 0.3 is 0 Å². The van der Waals surface area contributed by atoms with E-state index in [9.17, 15) is 0 Å². The molecule has 19 heavy (non-hydrogen) atoms. The van der Waals surface area contributed by atoms with Crippen molar-refractivity contribution in [3.63, 3.8) is 0 Å². The van der Waals surface area contributed by atoms with Crippen LogP contribution in [-0.4, -0.2) is 34.6 Å². The molecule has 0 aliphatic carbocycles.